The lowest BCUT2D eigenvalue weighted by Gasteiger charge is -2.20. The number of aliphatic hydroxyl groups is 1. The second-order valence-corrected chi connectivity index (χ2v) is 4.85. The Bertz CT molecular complexity index is 587. The van der Waals surface area contributed by atoms with E-state index in [9.17, 15) is 15.2 Å². The van der Waals surface area contributed by atoms with Crippen molar-refractivity contribution < 1.29 is 10.0 Å². The van der Waals surface area contributed by atoms with Gasteiger partial charge in [0.1, 0.15) is 12.0 Å². The van der Waals surface area contributed by atoms with Gasteiger partial charge >= 0.3 is 0 Å². The standard InChI is InChI=1S/C15H17N3O3/c1-11(14(19)9-12-5-3-2-4-6-12)17-15-8-7-13(10-16-15)18(20)21/h2-8,10-11,14,19H,9H2,1H3,(H,16,17)/t11-,14+/m1/s1. The highest BCUT2D eigenvalue weighted by Gasteiger charge is 2.15. The third kappa shape index (κ3) is 4.25. The van der Waals surface area contributed by atoms with Gasteiger partial charge in [-0.2, -0.15) is 0 Å². The van der Waals surface area contributed by atoms with E-state index in [4.69, 9.17) is 0 Å². The number of pyridine rings is 1. The number of nitrogens with zero attached hydrogens (tertiary/aromatic N) is 2. The third-order valence-corrected chi connectivity index (χ3v) is 3.20. The van der Waals surface area contributed by atoms with E-state index in [1.807, 2.05) is 37.3 Å². The van der Waals surface area contributed by atoms with Crippen LogP contribution in [0.4, 0.5) is 11.5 Å². The van der Waals surface area contributed by atoms with E-state index < -0.39 is 11.0 Å². The van der Waals surface area contributed by atoms with Gasteiger partial charge in [-0.1, -0.05) is 30.3 Å². The van der Waals surface area contributed by atoms with E-state index in [-0.39, 0.29) is 11.7 Å². The predicted octanol–water partition coefficient (Wildman–Crippen LogP) is 2.39. The fourth-order valence-corrected chi connectivity index (χ4v) is 1.94. The Morgan fingerprint density at radius 2 is 2.00 bits per heavy atom. The van der Waals surface area contributed by atoms with Crippen molar-refractivity contribution in [1.82, 2.24) is 4.98 Å². The van der Waals surface area contributed by atoms with Gasteiger partial charge in [-0.3, -0.25) is 10.1 Å². The molecule has 2 aromatic rings. The SMILES string of the molecule is C[C@@H](Nc1ccc([N+](=O)[O-])cn1)[C@@H](O)Cc1ccccc1. The van der Waals surface area contributed by atoms with Crippen LogP contribution in [0.3, 0.4) is 0 Å². The highest BCUT2D eigenvalue weighted by Crippen LogP contribution is 2.14. The first kappa shape index (κ1) is 14.9. The van der Waals surface area contributed by atoms with Crippen molar-refractivity contribution in [3.8, 4) is 0 Å². The Morgan fingerprint density at radius 1 is 1.29 bits per heavy atom. The largest absolute Gasteiger partial charge is 0.391 e. The fourth-order valence-electron chi connectivity index (χ4n) is 1.94. The lowest BCUT2D eigenvalue weighted by molar-refractivity contribution is -0.385. The van der Waals surface area contributed by atoms with Gasteiger partial charge in [0.15, 0.2) is 0 Å². The summed E-state index contributed by atoms with van der Waals surface area (Å²) in [5.74, 6) is 0.500. The molecule has 6 heteroatoms. The second-order valence-electron chi connectivity index (χ2n) is 4.85. The van der Waals surface area contributed by atoms with E-state index >= 15 is 0 Å². The molecule has 110 valence electrons. The summed E-state index contributed by atoms with van der Waals surface area (Å²) < 4.78 is 0. The van der Waals surface area contributed by atoms with Crippen molar-refractivity contribution in [2.75, 3.05) is 5.32 Å². The zero-order valence-corrected chi connectivity index (χ0v) is 11.6. The van der Waals surface area contributed by atoms with Gasteiger partial charge in [0.05, 0.1) is 17.1 Å². The summed E-state index contributed by atoms with van der Waals surface area (Å²) in [6.45, 7) is 1.84. The first-order valence-electron chi connectivity index (χ1n) is 6.65. The van der Waals surface area contributed by atoms with Gasteiger partial charge < -0.3 is 10.4 Å². The number of hydrogen-bond donors (Lipinski definition) is 2. The van der Waals surface area contributed by atoms with Crippen LogP contribution in [-0.2, 0) is 6.42 Å². The lowest BCUT2D eigenvalue weighted by Crippen LogP contribution is -2.32. The van der Waals surface area contributed by atoms with Gasteiger partial charge in [-0.15, -0.1) is 0 Å². The van der Waals surface area contributed by atoms with Crippen LogP contribution < -0.4 is 5.32 Å². The van der Waals surface area contributed by atoms with Gasteiger partial charge in [-0.05, 0) is 18.6 Å². The van der Waals surface area contributed by atoms with Crippen molar-refractivity contribution >= 4 is 11.5 Å². The minimum absolute atomic E-state index is 0.0574. The number of benzene rings is 1. The molecule has 1 aromatic carbocycles. The fraction of sp³-hybridized carbons (Fsp3) is 0.267. The van der Waals surface area contributed by atoms with Crippen molar-refractivity contribution in [2.24, 2.45) is 0 Å². The maximum Gasteiger partial charge on any atom is 0.287 e. The Labute approximate surface area is 122 Å². The molecule has 0 bridgehead atoms. The third-order valence-electron chi connectivity index (χ3n) is 3.20. The number of anilines is 1. The number of nitro groups is 1. The van der Waals surface area contributed by atoms with Gasteiger partial charge in [0, 0.05) is 12.5 Å². The summed E-state index contributed by atoms with van der Waals surface area (Å²) in [7, 11) is 0. The Balaban J connectivity index is 1.94. The minimum atomic E-state index is -0.579. The number of aliphatic hydroxyl groups excluding tert-OH is 1. The number of nitrogens with one attached hydrogen (secondary N) is 1. The molecule has 0 aliphatic heterocycles. The summed E-state index contributed by atoms with van der Waals surface area (Å²) in [4.78, 5) is 14.0. The van der Waals surface area contributed by atoms with Crippen molar-refractivity contribution in [3.05, 3.63) is 64.3 Å². The van der Waals surface area contributed by atoms with Crippen molar-refractivity contribution in [2.45, 2.75) is 25.5 Å². The lowest BCUT2D eigenvalue weighted by atomic mass is 10.0. The van der Waals surface area contributed by atoms with Gasteiger partial charge in [-0.25, -0.2) is 4.98 Å². The predicted molar refractivity (Wildman–Crippen MR) is 80.1 cm³/mol. The molecule has 2 atom stereocenters. The Morgan fingerprint density at radius 3 is 2.57 bits per heavy atom. The molecule has 0 spiro atoms. The van der Waals surface area contributed by atoms with E-state index in [2.05, 4.69) is 10.3 Å². The van der Waals surface area contributed by atoms with Crippen LogP contribution in [0.2, 0.25) is 0 Å². The maximum absolute atomic E-state index is 10.6. The summed E-state index contributed by atoms with van der Waals surface area (Å²) >= 11 is 0. The summed E-state index contributed by atoms with van der Waals surface area (Å²) in [5.41, 5.74) is 0.994. The molecular weight excluding hydrogens is 270 g/mol. The van der Waals surface area contributed by atoms with Crippen LogP contribution >= 0.6 is 0 Å². The molecule has 2 rings (SSSR count). The molecule has 6 nitrogen and oxygen atoms in total. The highest BCUT2D eigenvalue weighted by atomic mass is 16.6. The molecule has 0 saturated carbocycles. The first-order chi connectivity index (χ1) is 10.1. The van der Waals surface area contributed by atoms with Crippen LogP contribution in [0.15, 0.2) is 48.7 Å². The molecule has 1 heterocycles. The number of aromatic nitrogens is 1. The van der Waals surface area contributed by atoms with Crippen molar-refractivity contribution in [1.29, 1.82) is 0 Å². The Kier molecular flexibility index (Phi) is 4.84. The normalized spacial score (nSPS) is 13.4. The average Bonchev–Trinajstić information content (AvgIpc) is 2.48. The summed E-state index contributed by atoms with van der Waals surface area (Å²) in [5, 5.41) is 23.8. The number of rotatable bonds is 6. The molecule has 0 unspecified atom stereocenters. The zero-order valence-electron chi connectivity index (χ0n) is 11.6. The molecule has 0 saturated heterocycles. The quantitative estimate of drug-likeness (QED) is 0.629. The summed E-state index contributed by atoms with van der Waals surface area (Å²) in [6.07, 6.45) is 1.14. The van der Waals surface area contributed by atoms with Crippen LogP contribution in [0.1, 0.15) is 12.5 Å². The highest BCUT2D eigenvalue weighted by molar-refractivity contribution is 5.41. The number of hydrogen-bond acceptors (Lipinski definition) is 5. The van der Waals surface area contributed by atoms with Gasteiger partial charge in [0.2, 0.25) is 0 Å². The van der Waals surface area contributed by atoms with Crippen LogP contribution in [-0.4, -0.2) is 27.2 Å². The first-order valence-corrected chi connectivity index (χ1v) is 6.65. The van der Waals surface area contributed by atoms with Crippen molar-refractivity contribution in [3.63, 3.8) is 0 Å². The minimum Gasteiger partial charge on any atom is -0.391 e. The molecule has 21 heavy (non-hydrogen) atoms. The van der Waals surface area contributed by atoms with Crippen LogP contribution in [0, 0.1) is 10.1 Å². The summed E-state index contributed by atoms with van der Waals surface area (Å²) in [6, 6.07) is 12.4. The second kappa shape index (κ2) is 6.81. The molecule has 0 fully saturated rings. The van der Waals surface area contributed by atoms with Crippen LogP contribution in [0.25, 0.3) is 0 Å². The topological polar surface area (TPSA) is 88.3 Å². The zero-order chi connectivity index (χ0) is 15.2. The smallest absolute Gasteiger partial charge is 0.287 e. The van der Waals surface area contributed by atoms with E-state index in [0.717, 1.165) is 5.56 Å². The molecular formula is C15H17N3O3. The molecule has 0 radical (unpaired) electrons. The monoisotopic (exact) mass is 287 g/mol. The molecule has 1 aromatic heterocycles. The average molecular weight is 287 g/mol. The van der Waals surface area contributed by atoms with E-state index in [1.54, 1.807) is 0 Å². The molecule has 0 aliphatic rings. The van der Waals surface area contributed by atoms with E-state index in [1.165, 1.54) is 18.3 Å². The molecule has 0 amide bonds. The maximum atomic E-state index is 10.6. The van der Waals surface area contributed by atoms with Crippen LogP contribution in [0.5, 0.6) is 0 Å². The Hall–Kier alpha value is -2.47. The molecule has 0 aliphatic carbocycles. The van der Waals surface area contributed by atoms with Gasteiger partial charge in [0.25, 0.3) is 5.69 Å². The molecule has 2 N–H and O–H groups in total. The van der Waals surface area contributed by atoms with E-state index in [0.29, 0.717) is 12.2 Å².